The quantitative estimate of drug-likeness (QED) is 0.886. The van der Waals surface area contributed by atoms with E-state index in [2.05, 4.69) is 20.8 Å². The molecule has 1 fully saturated rings. The van der Waals surface area contributed by atoms with Crippen molar-refractivity contribution in [3.8, 4) is 0 Å². The molecule has 1 N–H and O–H groups in total. The Labute approximate surface area is 126 Å². The van der Waals surface area contributed by atoms with Crippen molar-refractivity contribution >= 4 is 21.9 Å². The van der Waals surface area contributed by atoms with Gasteiger partial charge >= 0.3 is 5.97 Å². The van der Waals surface area contributed by atoms with Gasteiger partial charge in [-0.1, -0.05) is 22.0 Å². The molecular formula is C15H19BrFNO2. The van der Waals surface area contributed by atoms with Crippen LogP contribution in [0.2, 0.25) is 0 Å². The van der Waals surface area contributed by atoms with Crippen molar-refractivity contribution in [2.24, 2.45) is 5.92 Å². The lowest BCUT2D eigenvalue weighted by molar-refractivity contribution is -0.137. The number of carboxylic acid groups (broad SMARTS) is 1. The molecule has 110 valence electrons. The number of carbonyl (C=O) groups is 1. The number of hydrogen-bond acceptors (Lipinski definition) is 2. The van der Waals surface area contributed by atoms with Crippen molar-refractivity contribution in [3.63, 3.8) is 0 Å². The van der Waals surface area contributed by atoms with E-state index in [0.717, 1.165) is 48.9 Å². The van der Waals surface area contributed by atoms with Crippen molar-refractivity contribution in [2.75, 3.05) is 13.1 Å². The SMILES string of the molecule is O=C(O)CCC1CCN(Cc2ccc(F)cc2Br)CC1. The second-order valence-corrected chi connectivity index (χ2v) is 6.24. The molecule has 0 amide bonds. The molecule has 0 spiro atoms. The molecule has 0 aromatic heterocycles. The number of piperidine rings is 1. The van der Waals surface area contributed by atoms with Gasteiger partial charge in [-0.05, 0) is 56.0 Å². The van der Waals surface area contributed by atoms with Gasteiger partial charge in [-0.25, -0.2) is 4.39 Å². The van der Waals surface area contributed by atoms with E-state index < -0.39 is 5.97 Å². The number of carboxylic acids is 1. The van der Waals surface area contributed by atoms with E-state index in [-0.39, 0.29) is 12.2 Å². The molecule has 0 atom stereocenters. The van der Waals surface area contributed by atoms with Gasteiger partial charge in [0.05, 0.1) is 0 Å². The first-order valence-electron chi connectivity index (χ1n) is 6.92. The zero-order chi connectivity index (χ0) is 14.5. The van der Waals surface area contributed by atoms with Crippen molar-refractivity contribution in [2.45, 2.75) is 32.2 Å². The van der Waals surface area contributed by atoms with Gasteiger partial charge in [-0.15, -0.1) is 0 Å². The lowest BCUT2D eigenvalue weighted by Crippen LogP contribution is -2.33. The largest absolute Gasteiger partial charge is 0.481 e. The molecular weight excluding hydrogens is 325 g/mol. The average Bonchev–Trinajstić information content (AvgIpc) is 2.41. The number of hydrogen-bond donors (Lipinski definition) is 1. The molecule has 1 heterocycles. The Morgan fingerprint density at radius 3 is 2.70 bits per heavy atom. The first kappa shape index (κ1) is 15.4. The maximum Gasteiger partial charge on any atom is 0.303 e. The number of benzene rings is 1. The molecule has 1 aliphatic heterocycles. The highest BCUT2D eigenvalue weighted by Crippen LogP contribution is 2.25. The van der Waals surface area contributed by atoms with Crippen LogP contribution in [0.1, 0.15) is 31.2 Å². The predicted molar refractivity (Wildman–Crippen MR) is 79.0 cm³/mol. The number of likely N-dealkylation sites (tertiary alicyclic amines) is 1. The van der Waals surface area contributed by atoms with Crippen LogP contribution in [0.5, 0.6) is 0 Å². The summed E-state index contributed by atoms with van der Waals surface area (Å²) in [6.07, 6.45) is 3.15. The van der Waals surface area contributed by atoms with Gasteiger partial charge in [-0.2, -0.15) is 0 Å². The van der Waals surface area contributed by atoms with Crippen LogP contribution in [0, 0.1) is 11.7 Å². The molecule has 0 bridgehead atoms. The number of halogens is 2. The predicted octanol–water partition coefficient (Wildman–Crippen LogP) is 3.67. The van der Waals surface area contributed by atoms with Crippen LogP contribution in [0.25, 0.3) is 0 Å². The molecule has 0 unspecified atom stereocenters. The first-order valence-corrected chi connectivity index (χ1v) is 7.72. The highest BCUT2D eigenvalue weighted by Gasteiger charge is 2.20. The van der Waals surface area contributed by atoms with Crippen LogP contribution in [-0.2, 0) is 11.3 Å². The minimum atomic E-state index is -0.706. The smallest absolute Gasteiger partial charge is 0.303 e. The van der Waals surface area contributed by atoms with E-state index in [1.54, 1.807) is 0 Å². The van der Waals surface area contributed by atoms with E-state index in [1.165, 1.54) is 12.1 Å². The third-order valence-electron chi connectivity index (χ3n) is 3.88. The van der Waals surface area contributed by atoms with Gasteiger partial charge < -0.3 is 5.11 Å². The fourth-order valence-electron chi connectivity index (χ4n) is 2.65. The van der Waals surface area contributed by atoms with Crippen molar-refractivity contribution in [3.05, 3.63) is 34.1 Å². The zero-order valence-electron chi connectivity index (χ0n) is 11.3. The van der Waals surface area contributed by atoms with Gasteiger partial charge in [0.15, 0.2) is 0 Å². The molecule has 1 aliphatic rings. The summed E-state index contributed by atoms with van der Waals surface area (Å²) in [7, 11) is 0. The minimum Gasteiger partial charge on any atom is -0.481 e. The molecule has 3 nitrogen and oxygen atoms in total. The minimum absolute atomic E-state index is 0.229. The average molecular weight is 344 g/mol. The molecule has 2 rings (SSSR count). The summed E-state index contributed by atoms with van der Waals surface area (Å²) in [4.78, 5) is 12.9. The van der Waals surface area contributed by atoms with Crippen molar-refractivity contribution in [1.82, 2.24) is 4.90 Å². The number of nitrogens with zero attached hydrogens (tertiary/aromatic N) is 1. The summed E-state index contributed by atoms with van der Waals surface area (Å²) in [5, 5.41) is 8.70. The molecule has 0 aliphatic carbocycles. The Balaban J connectivity index is 1.80. The van der Waals surface area contributed by atoms with Gasteiger partial charge in [0.1, 0.15) is 5.82 Å². The van der Waals surface area contributed by atoms with Crippen LogP contribution in [0.4, 0.5) is 4.39 Å². The third kappa shape index (κ3) is 4.56. The monoisotopic (exact) mass is 343 g/mol. The summed E-state index contributed by atoms with van der Waals surface area (Å²) in [6, 6.07) is 4.80. The summed E-state index contributed by atoms with van der Waals surface area (Å²) < 4.78 is 13.8. The lowest BCUT2D eigenvalue weighted by atomic mass is 9.92. The van der Waals surface area contributed by atoms with Crippen LogP contribution in [0.3, 0.4) is 0 Å². The Kier molecular flexibility index (Phi) is 5.54. The number of aliphatic carboxylic acids is 1. The Hall–Kier alpha value is -0.940. The topological polar surface area (TPSA) is 40.5 Å². The van der Waals surface area contributed by atoms with Crippen molar-refractivity contribution in [1.29, 1.82) is 0 Å². The maximum atomic E-state index is 13.0. The molecule has 5 heteroatoms. The lowest BCUT2D eigenvalue weighted by Gasteiger charge is -2.32. The van der Waals surface area contributed by atoms with Gasteiger partial charge in [0, 0.05) is 17.4 Å². The Morgan fingerprint density at radius 1 is 1.40 bits per heavy atom. The van der Waals surface area contributed by atoms with E-state index in [0.29, 0.717) is 5.92 Å². The Morgan fingerprint density at radius 2 is 2.10 bits per heavy atom. The summed E-state index contributed by atoms with van der Waals surface area (Å²) in [6.45, 7) is 2.77. The van der Waals surface area contributed by atoms with Crippen LogP contribution in [0.15, 0.2) is 22.7 Å². The van der Waals surface area contributed by atoms with E-state index in [1.807, 2.05) is 6.07 Å². The highest BCUT2D eigenvalue weighted by atomic mass is 79.9. The summed E-state index contributed by atoms with van der Waals surface area (Å²) >= 11 is 3.39. The van der Waals surface area contributed by atoms with Gasteiger partial charge in [0.25, 0.3) is 0 Å². The molecule has 20 heavy (non-hydrogen) atoms. The van der Waals surface area contributed by atoms with E-state index in [4.69, 9.17) is 5.11 Å². The van der Waals surface area contributed by atoms with E-state index in [9.17, 15) is 9.18 Å². The fraction of sp³-hybridized carbons (Fsp3) is 0.533. The standard InChI is InChI=1S/C15H19BrFNO2/c16-14-9-13(17)3-2-12(14)10-18-7-5-11(6-8-18)1-4-15(19)20/h2-3,9,11H,1,4-8,10H2,(H,19,20). The van der Waals surface area contributed by atoms with Crippen LogP contribution >= 0.6 is 15.9 Å². The summed E-state index contributed by atoms with van der Waals surface area (Å²) in [5.41, 5.74) is 1.09. The number of rotatable bonds is 5. The third-order valence-corrected chi connectivity index (χ3v) is 4.62. The van der Waals surface area contributed by atoms with Gasteiger partial charge in [0.2, 0.25) is 0 Å². The molecule has 1 saturated heterocycles. The fourth-order valence-corrected chi connectivity index (χ4v) is 3.13. The highest BCUT2D eigenvalue weighted by molar-refractivity contribution is 9.10. The Bertz CT molecular complexity index is 473. The second kappa shape index (κ2) is 7.18. The summed E-state index contributed by atoms with van der Waals surface area (Å²) in [5.74, 6) is -0.408. The normalized spacial score (nSPS) is 17.3. The first-order chi connectivity index (χ1) is 9.54. The van der Waals surface area contributed by atoms with Crippen LogP contribution < -0.4 is 0 Å². The van der Waals surface area contributed by atoms with Crippen LogP contribution in [-0.4, -0.2) is 29.1 Å². The molecule has 0 radical (unpaired) electrons. The van der Waals surface area contributed by atoms with E-state index >= 15 is 0 Å². The van der Waals surface area contributed by atoms with Crippen molar-refractivity contribution < 1.29 is 14.3 Å². The zero-order valence-corrected chi connectivity index (χ0v) is 12.9. The molecule has 1 aromatic carbocycles. The second-order valence-electron chi connectivity index (χ2n) is 5.39. The van der Waals surface area contributed by atoms with Gasteiger partial charge in [-0.3, -0.25) is 9.69 Å². The maximum absolute atomic E-state index is 13.0. The molecule has 1 aromatic rings. The molecule has 0 saturated carbocycles.